The Kier molecular flexibility index (Phi) is 11.2. The second kappa shape index (κ2) is 11.2. The van der Waals surface area contributed by atoms with Crippen molar-refractivity contribution >= 4 is 5.43 Å². The van der Waals surface area contributed by atoms with Crippen molar-refractivity contribution in [2.45, 2.75) is 46.2 Å². The van der Waals surface area contributed by atoms with Crippen LogP contribution in [0.5, 0.6) is 0 Å². The fourth-order valence-electron chi connectivity index (χ4n) is 1.34. The largest absolute Gasteiger partial charge is 0.273 e. The Labute approximate surface area is 122 Å². The van der Waals surface area contributed by atoms with Crippen LogP contribution < -0.4 is 0 Å². The molecule has 2 aliphatic carbocycles. The van der Waals surface area contributed by atoms with Crippen molar-refractivity contribution in [2.24, 2.45) is 0 Å². The van der Waals surface area contributed by atoms with Crippen molar-refractivity contribution in [3.8, 4) is 0 Å². The van der Waals surface area contributed by atoms with Crippen LogP contribution in [0.25, 0.3) is 0 Å². The Morgan fingerprint density at radius 1 is 1.35 bits per heavy atom. The second-order valence-corrected chi connectivity index (χ2v) is 13.5. The smallest absolute Gasteiger partial charge is 0.109 e. The van der Waals surface area contributed by atoms with Crippen molar-refractivity contribution < 1.29 is 23.3 Å². The fraction of sp³-hybridized carbons (Fsp3) is 0.467. The molecule has 0 aliphatic heterocycles. The molecule has 0 nitrogen and oxygen atoms in total. The zero-order valence-corrected chi connectivity index (χ0v) is 14.9. The monoisotopic (exact) mass is 320 g/mol. The molecule has 0 heterocycles. The van der Waals surface area contributed by atoms with Crippen molar-refractivity contribution in [2.75, 3.05) is 0 Å². The molecule has 0 bridgehead atoms. The maximum Gasteiger partial charge on any atom is -0.109 e. The Balaban J connectivity index is 0.000000246. The molecule has 2 heteroatoms. The van der Waals surface area contributed by atoms with E-state index in [0.29, 0.717) is 0 Å². The third kappa shape index (κ3) is 10.9. The molecule has 2 aliphatic rings. The van der Waals surface area contributed by atoms with E-state index in [1.54, 1.807) is 23.3 Å². The molecule has 90 valence electrons. The molecule has 0 aromatic heterocycles. The van der Waals surface area contributed by atoms with Gasteiger partial charge in [0.2, 0.25) is 0 Å². The summed E-state index contributed by atoms with van der Waals surface area (Å²) in [6.07, 6.45) is 17.7. The first kappa shape index (κ1) is 17.1. The summed E-state index contributed by atoms with van der Waals surface area (Å²) < 4.78 is 0. The molecular weight excluding hydrogens is 299 g/mol. The average molecular weight is 322 g/mol. The van der Waals surface area contributed by atoms with Gasteiger partial charge < -0.3 is 0 Å². The van der Waals surface area contributed by atoms with Crippen LogP contribution in [0.1, 0.15) is 33.1 Å². The van der Waals surface area contributed by atoms with E-state index in [1.165, 1.54) is 17.6 Å². The van der Waals surface area contributed by atoms with Crippen LogP contribution in [-0.4, -0.2) is 5.43 Å². The van der Waals surface area contributed by atoms with E-state index in [9.17, 15) is 0 Å². The first-order chi connectivity index (χ1) is 8.07. The number of hydrogen-bond donors (Lipinski definition) is 0. The standard InChI is InChI=1S/C8H11.C5H5.C2H6Si.Zr/c1-3-8-6-4-5-7(8)2;1-2-4-5-3-1;1-3-2;/h6H,3-4H2,1-2H3;1-3H,4H2;1-2H3;/q2*-1;;+2. The molecule has 0 fully saturated rings. The molecule has 17 heavy (non-hydrogen) atoms. The third-order valence-corrected chi connectivity index (χ3v) is 2.16. The minimum atomic E-state index is 0.210. The second-order valence-electron chi connectivity index (χ2n) is 4.09. The van der Waals surface area contributed by atoms with Crippen LogP contribution in [-0.2, 0) is 23.3 Å². The van der Waals surface area contributed by atoms with Gasteiger partial charge >= 0.3 is 41.9 Å². The van der Waals surface area contributed by atoms with Gasteiger partial charge in [-0.1, -0.05) is 20.3 Å². The molecule has 0 amide bonds. The number of rotatable bonds is 1. The van der Waals surface area contributed by atoms with Crippen LogP contribution in [0.15, 0.2) is 35.5 Å². The zero-order valence-electron chi connectivity index (χ0n) is 11.4. The summed E-state index contributed by atoms with van der Waals surface area (Å²) in [5.74, 6) is 0. The van der Waals surface area contributed by atoms with E-state index in [2.05, 4.69) is 51.2 Å². The number of hydrogen-bond acceptors (Lipinski definition) is 0. The minimum absolute atomic E-state index is 0.210. The molecule has 0 aromatic carbocycles. The van der Waals surface area contributed by atoms with Crippen LogP contribution in [0, 0.1) is 12.2 Å². The predicted molar refractivity (Wildman–Crippen MR) is 74.5 cm³/mol. The van der Waals surface area contributed by atoms with E-state index in [1.807, 2.05) is 12.2 Å². The maximum atomic E-state index is 3.24. The van der Waals surface area contributed by atoms with E-state index >= 15 is 0 Å². The Morgan fingerprint density at radius 3 is 2.18 bits per heavy atom. The van der Waals surface area contributed by atoms with Crippen LogP contribution >= 0.6 is 0 Å². The molecule has 0 spiro atoms. The van der Waals surface area contributed by atoms with Gasteiger partial charge in [0, 0.05) is 0 Å². The van der Waals surface area contributed by atoms with Gasteiger partial charge in [0.25, 0.3) is 0 Å². The molecule has 2 rings (SSSR count). The predicted octanol–water partition coefficient (Wildman–Crippen LogP) is 4.57. The van der Waals surface area contributed by atoms with Crippen molar-refractivity contribution in [1.29, 1.82) is 0 Å². The Bertz CT molecular complexity index is 332. The molecule has 0 saturated heterocycles. The Hall–Kier alpha value is 0.0600. The quantitative estimate of drug-likeness (QED) is 0.490. The van der Waals surface area contributed by atoms with Gasteiger partial charge in [-0.15, -0.1) is 12.8 Å². The maximum absolute atomic E-state index is 3.24. The van der Waals surface area contributed by atoms with Gasteiger partial charge in [-0.3, -0.25) is 12.2 Å². The molecule has 0 saturated carbocycles. The molecule has 0 N–H and O–H groups in total. The summed E-state index contributed by atoms with van der Waals surface area (Å²) >= 11 is 1.74. The van der Waals surface area contributed by atoms with E-state index in [0.717, 1.165) is 12.8 Å². The van der Waals surface area contributed by atoms with Crippen LogP contribution in [0.3, 0.4) is 0 Å². The SMILES string of the molecule is CCC1=CC[C-]=C1C.C[Si](C)=[Zr+2].[C-]1=CC=CC1. The van der Waals surface area contributed by atoms with Gasteiger partial charge in [-0.2, -0.15) is 17.7 Å². The van der Waals surface area contributed by atoms with E-state index in [-0.39, 0.29) is 5.43 Å². The summed E-state index contributed by atoms with van der Waals surface area (Å²) in [7, 11) is 0. The summed E-state index contributed by atoms with van der Waals surface area (Å²) in [5.41, 5.74) is 3.04. The molecule has 0 unspecified atom stereocenters. The topological polar surface area (TPSA) is 0 Å². The molecule has 0 aromatic rings. The van der Waals surface area contributed by atoms with Gasteiger partial charge in [0.05, 0.1) is 0 Å². The van der Waals surface area contributed by atoms with Gasteiger partial charge in [0.1, 0.15) is 0 Å². The summed E-state index contributed by atoms with van der Waals surface area (Å²) in [5, 5.41) is 0. The minimum Gasteiger partial charge on any atom is -0.273 e. The summed E-state index contributed by atoms with van der Waals surface area (Å²) in [4.78, 5) is 0. The Morgan fingerprint density at radius 2 is 2.00 bits per heavy atom. The molecule has 0 radical (unpaired) electrons. The molecular formula is C15H22SiZr. The summed E-state index contributed by atoms with van der Waals surface area (Å²) in [6, 6.07) is 0. The number of allylic oxidation sites excluding steroid dienone is 8. The third-order valence-electron chi connectivity index (χ3n) is 2.16. The average Bonchev–Trinajstić information content (AvgIpc) is 2.89. The zero-order chi connectivity index (χ0) is 13.1. The first-order valence-electron chi connectivity index (χ1n) is 6.08. The first-order valence-corrected chi connectivity index (χ1v) is 12.3. The fourth-order valence-corrected chi connectivity index (χ4v) is 1.34. The van der Waals surface area contributed by atoms with E-state index in [4.69, 9.17) is 0 Å². The van der Waals surface area contributed by atoms with Crippen molar-refractivity contribution in [3.63, 3.8) is 0 Å². The normalized spacial score (nSPS) is 15.4. The van der Waals surface area contributed by atoms with Gasteiger partial charge in [0.15, 0.2) is 0 Å². The van der Waals surface area contributed by atoms with Crippen molar-refractivity contribution in [3.05, 3.63) is 47.6 Å². The van der Waals surface area contributed by atoms with E-state index < -0.39 is 0 Å². The van der Waals surface area contributed by atoms with Gasteiger partial charge in [-0.25, -0.2) is 17.7 Å². The van der Waals surface area contributed by atoms with Crippen molar-refractivity contribution in [1.82, 2.24) is 0 Å². The van der Waals surface area contributed by atoms with Crippen LogP contribution in [0.2, 0.25) is 13.1 Å². The summed E-state index contributed by atoms with van der Waals surface area (Å²) in [6.45, 7) is 8.93. The molecule has 0 atom stereocenters. The van der Waals surface area contributed by atoms with Crippen LogP contribution in [0.4, 0.5) is 0 Å². The van der Waals surface area contributed by atoms with Gasteiger partial charge in [-0.05, 0) is 0 Å².